The summed E-state index contributed by atoms with van der Waals surface area (Å²) < 4.78 is 5.32. The molecule has 0 saturated heterocycles. The third-order valence-corrected chi connectivity index (χ3v) is 3.74. The van der Waals surface area contributed by atoms with Gasteiger partial charge in [0.1, 0.15) is 0 Å². The van der Waals surface area contributed by atoms with Gasteiger partial charge < -0.3 is 9.84 Å². The molecule has 4 nitrogen and oxygen atoms in total. The highest BCUT2D eigenvalue weighted by molar-refractivity contribution is 6.30. The molecule has 0 aliphatic heterocycles. The Kier molecular flexibility index (Phi) is 3.53. The molecule has 19 heavy (non-hydrogen) atoms. The zero-order valence-corrected chi connectivity index (χ0v) is 11.5. The lowest BCUT2D eigenvalue weighted by atomic mass is 10.1. The predicted molar refractivity (Wildman–Crippen MR) is 74.0 cm³/mol. The van der Waals surface area contributed by atoms with Crippen LogP contribution in [0, 0.1) is 5.92 Å². The molecule has 100 valence electrons. The van der Waals surface area contributed by atoms with Crippen molar-refractivity contribution < 1.29 is 4.52 Å². The Morgan fingerprint density at radius 2 is 2.32 bits per heavy atom. The average molecular weight is 278 g/mol. The second-order valence-electron chi connectivity index (χ2n) is 4.96. The van der Waals surface area contributed by atoms with Gasteiger partial charge in [-0.05, 0) is 37.9 Å². The topological polar surface area (TPSA) is 51.0 Å². The number of halogens is 1. The van der Waals surface area contributed by atoms with Gasteiger partial charge in [0.25, 0.3) is 0 Å². The number of rotatable bonds is 5. The van der Waals surface area contributed by atoms with E-state index in [1.54, 1.807) is 0 Å². The number of aromatic nitrogens is 2. The highest BCUT2D eigenvalue weighted by Crippen LogP contribution is 2.33. The van der Waals surface area contributed by atoms with Crippen LogP contribution in [0.1, 0.15) is 18.7 Å². The molecule has 0 bridgehead atoms. The molecule has 1 N–H and O–H groups in total. The Bertz CT molecular complexity index is 565. The Morgan fingerprint density at radius 1 is 1.47 bits per heavy atom. The van der Waals surface area contributed by atoms with Gasteiger partial charge in [-0.25, -0.2) is 0 Å². The van der Waals surface area contributed by atoms with Crippen LogP contribution >= 0.6 is 11.6 Å². The van der Waals surface area contributed by atoms with E-state index in [-0.39, 0.29) is 0 Å². The minimum absolute atomic E-state index is 0.438. The lowest BCUT2D eigenvalue weighted by molar-refractivity contribution is 0.352. The molecule has 1 unspecified atom stereocenters. The van der Waals surface area contributed by atoms with Gasteiger partial charge >= 0.3 is 0 Å². The van der Waals surface area contributed by atoms with Crippen molar-refractivity contribution in [3.05, 3.63) is 35.2 Å². The van der Waals surface area contributed by atoms with Crippen LogP contribution in [-0.2, 0) is 6.42 Å². The summed E-state index contributed by atoms with van der Waals surface area (Å²) in [5, 5.41) is 8.02. The normalized spacial score (nSPS) is 16.5. The lowest BCUT2D eigenvalue weighted by Crippen LogP contribution is -2.29. The van der Waals surface area contributed by atoms with E-state index >= 15 is 0 Å². The number of hydrogen-bond acceptors (Lipinski definition) is 4. The molecule has 0 amide bonds. The van der Waals surface area contributed by atoms with Gasteiger partial charge in [-0.2, -0.15) is 4.98 Å². The molecule has 1 saturated carbocycles. The maximum Gasteiger partial charge on any atom is 0.228 e. The molecule has 1 aliphatic carbocycles. The van der Waals surface area contributed by atoms with Crippen LogP contribution in [0.3, 0.4) is 0 Å². The third-order valence-electron chi connectivity index (χ3n) is 3.51. The van der Waals surface area contributed by atoms with Crippen molar-refractivity contribution in [3.8, 4) is 11.4 Å². The second kappa shape index (κ2) is 5.31. The van der Waals surface area contributed by atoms with Gasteiger partial charge in [-0.15, -0.1) is 0 Å². The first-order valence-electron chi connectivity index (χ1n) is 6.52. The summed E-state index contributed by atoms with van der Waals surface area (Å²) in [6.07, 6.45) is 3.37. The molecule has 1 aromatic heterocycles. The fraction of sp³-hybridized carbons (Fsp3) is 0.429. The Labute approximate surface area is 117 Å². The molecular weight excluding hydrogens is 262 g/mol. The first-order valence-corrected chi connectivity index (χ1v) is 6.90. The molecule has 3 rings (SSSR count). The number of benzene rings is 1. The Morgan fingerprint density at radius 3 is 3.00 bits per heavy atom. The van der Waals surface area contributed by atoms with Crippen LogP contribution in [-0.4, -0.2) is 23.2 Å². The van der Waals surface area contributed by atoms with Crippen molar-refractivity contribution in [2.45, 2.75) is 25.3 Å². The largest absolute Gasteiger partial charge is 0.339 e. The molecule has 1 fully saturated rings. The van der Waals surface area contributed by atoms with Crippen LogP contribution in [0.15, 0.2) is 28.8 Å². The summed E-state index contributed by atoms with van der Waals surface area (Å²) in [5.74, 6) is 2.04. The highest BCUT2D eigenvalue weighted by atomic mass is 35.5. The van der Waals surface area contributed by atoms with Gasteiger partial charge in [0.15, 0.2) is 0 Å². The molecule has 0 radical (unpaired) electrons. The minimum atomic E-state index is 0.438. The second-order valence-corrected chi connectivity index (χ2v) is 5.40. The number of likely N-dealkylation sites (N-methyl/N-ethyl adjacent to an activating group) is 1. The van der Waals surface area contributed by atoms with Crippen LogP contribution in [0.25, 0.3) is 11.4 Å². The van der Waals surface area contributed by atoms with Crippen molar-refractivity contribution in [1.29, 1.82) is 0 Å². The summed E-state index contributed by atoms with van der Waals surface area (Å²) in [6, 6.07) is 7.92. The maximum absolute atomic E-state index is 5.96. The van der Waals surface area contributed by atoms with E-state index in [1.807, 2.05) is 31.3 Å². The zero-order valence-electron chi connectivity index (χ0n) is 10.8. The van der Waals surface area contributed by atoms with Crippen molar-refractivity contribution in [2.24, 2.45) is 5.92 Å². The van der Waals surface area contributed by atoms with Crippen LogP contribution in [0.4, 0.5) is 0 Å². The fourth-order valence-corrected chi connectivity index (χ4v) is 2.46. The van der Waals surface area contributed by atoms with Gasteiger partial charge in [0, 0.05) is 23.0 Å². The molecule has 5 heteroatoms. The van der Waals surface area contributed by atoms with Crippen molar-refractivity contribution in [1.82, 2.24) is 15.5 Å². The summed E-state index contributed by atoms with van der Waals surface area (Å²) in [5.41, 5.74) is 0.884. The quantitative estimate of drug-likeness (QED) is 0.913. The molecule has 1 heterocycles. The molecule has 1 aromatic carbocycles. The van der Waals surface area contributed by atoms with Crippen molar-refractivity contribution in [2.75, 3.05) is 7.05 Å². The number of hydrogen-bond donors (Lipinski definition) is 1. The van der Waals surface area contributed by atoms with Crippen LogP contribution in [0.2, 0.25) is 5.02 Å². The predicted octanol–water partition coefficient (Wildman–Crippen LogP) is 2.93. The highest BCUT2D eigenvalue weighted by Gasteiger charge is 2.31. The van der Waals surface area contributed by atoms with Crippen LogP contribution in [0.5, 0.6) is 0 Å². The van der Waals surface area contributed by atoms with E-state index in [4.69, 9.17) is 16.1 Å². The third kappa shape index (κ3) is 2.96. The molecule has 2 aromatic rings. The van der Waals surface area contributed by atoms with E-state index in [2.05, 4.69) is 15.5 Å². The molecule has 1 atom stereocenters. The maximum atomic E-state index is 5.96. The lowest BCUT2D eigenvalue weighted by Gasteiger charge is -2.11. The standard InChI is InChI=1S/C14H16ClN3O/c1-16-12(9-5-6-9)8-13-17-14(18-19-13)10-3-2-4-11(15)7-10/h2-4,7,9,12,16H,5-6,8H2,1H3. The Hall–Kier alpha value is -1.39. The zero-order chi connectivity index (χ0) is 13.2. The van der Waals surface area contributed by atoms with E-state index in [9.17, 15) is 0 Å². The van der Waals surface area contributed by atoms with Crippen molar-refractivity contribution in [3.63, 3.8) is 0 Å². The van der Waals surface area contributed by atoms with Gasteiger partial charge in [0.2, 0.25) is 11.7 Å². The van der Waals surface area contributed by atoms with Crippen molar-refractivity contribution >= 4 is 11.6 Å². The first kappa shape index (κ1) is 12.6. The van der Waals surface area contributed by atoms with E-state index in [1.165, 1.54) is 12.8 Å². The smallest absolute Gasteiger partial charge is 0.228 e. The fourth-order valence-electron chi connectivity index (χ4n) is 2.27. The summed E-state index contributed by atoms with van der Waals surface area (Å²) >= 11 is 5.96. The number of nitrogens with one attached hydrogen (secondary N) is 1. The van der Waals surface area contributed by atoms with Crippen LogP contribution < -0.4 is 5.32 Å². The van der Waals surface area contributed by atoms with E-state index in [0.717, 1.165) is 17.9 Å². The first-order chi connectivity index (χ1) is 9.26. The SMILES string of the molecule is CNC(Cc1nc(-c2cccc(Cl)c2)no1)C1CC1. The molecular formula is C14H16ClN3O. The summed E-state index contributed by atoms with van der Waals surface area (Å²) in [4.78, 5) is 4.44. The Balaban J connectivity index is 1.75. The van der Waals surface area contributed by atoms with E-state index < -0.39 is 0 Å². The number of nitrogens with zero attached hydrogens (tertiary/aromatic N) is 2. The molecule has 1 aliphatic rings. The van der Waals surface area contributed by atoms with E-state index in [0.29, 0.717) is 22.8 Å². The average Bonchev–Trinajstić information content (AvgIpc) is 3.15. The summed E-state index contributed by atoms with van der Waals surface area (Å²) in [7, 11) is 1.98. The summed E-state index contributed by atoms with van der Waals surface area (Å²) in [6.45, 7) is 0. The molecule has 0 spiro atoms. The van der Waals surface area contributed by atoms with Gasteiger partial charge in [0.05, 0.1) is 0 Å². The minimum Gasteiger partial charge on any atom is -0.339 e. The van der Waals surface area contributed by atoms with Gasteiger partial charge in [-0.1, -0.05) is 28.9 Å². The monoisotopic (exact) mass is 277 g/mol. The van der Waals surface area contributed by atoms with Gasteiger partial charge in [-0.3, -0.25) is 0 Å².